The fourth-order valence-electron chi connectivity index (χ4n) is 1.28. The molecule has 4 heteroatoms. The van der Waals surface area contributed by atoms with Crippen LogP contribution in [0.25, 0.3) is 0 Å². The van der Waals surface area contributed by atoms with Gasteiger partial charge in [-0.2, -0.15) is 0 Å². The molecule has 0 atom stereocenters. The third-order valence-electron chi connectivity index (χ3n) is 2.75. The highest BCUT2D eigenvalue weighted by atomic mass is 35.5. The van der Waals surface area contributed by atoms with Crippen LogP contribution in [-0.4, -0.2) is 18.6 Å². The summed E-state index contributed by atoms with van der Waals surface area (Å²) in [6.07, 6.45) is 0.864. The molecule has 0 heterocycles. The van der Waals surface area contributed by atoms with Gasteiger partial charge in [-0.05, 0) is 38.5 Å². The Kier molecular flexibility index (Phi) is 4.40. The van der Waals surface area contributed by atoms with Gasteiger partial charge in [-0.25, -0.2) is 0 Å². The lowest BCUT2D eigenvalue weighted by Crippen LogP contribution is -2.42. The Bertz CT molecular complexity index is 416. The minimum Gasteiger partial charge on any atom is -0.495 e. The normalized spacial score (nSPS) is 11.1. The first-order valence-electron chi connectivity index (χ1n) is 5.55. The van der Waals surface area contributed by atoms with Gasteiger partial charge in [0.2, 0.25) is 0 Å². The largest absolute Gasteiger partial charge is 0.495 e. The van der Waals surface area contributed by atoms with Gasteiger partial charge in [0.05, 0.1) is 12.1 Å². The van der Waals surface area contributed by atoms with E-state index in [9.17, 15) is 4.79 Å². The molecule has 0 aromatic heterocycles. The van der Waals surface area contributed by atoms with E-state index in [1.54, 1.807) is 25.3 Å². The topological polar surface area (TPSA) is 38.3 Å². The zero-order valence-corrected chi connectivity index (χ0v) is 11.4. The Morgan fingerprint density at radius 1 is 1.47 bits per heavy atom. The number of rotatable bonds is 4. The van der Waals surface area contributed by atoms with Gasteiger partial charge < -0.3 is 10.1 Å². The number of methoxy groups -OCH3 is 1. The molecule has 0 spiro atoms. The van der Waals surface area contributed by atoms with Crippen LogP contribution in [0.4, 0.5) is 0 Å². The number of carbonyl (C=O) groups excluding carboxylic acids is 1. The van der Waals surface area contributed by atoms with Gasteiger partial charge >= 0.3 is 0 Å². The number of halogens is 1. The molecule has 0 saturated heterocycles. The summed E-state index contributed by atoms with van der Waals surface area (Å²) in [6, 6.07) is 5.00. The predicted octanol–water partition coefficient (Wildman–Crippen LogP) is 3.27. The molecule has 17 heavy (non-hydrogen) atoms. The fourth-order valence-corrected chi connectivity index (χ4v) is 1.53. The first-order chi connectivity index (χ1) is 7.89. The smallest absolute Gasteiger partial charge is 0.251 e. The quantitative estimate of drug-likeness (QED) is 0.897. The second-order valence-electron chi connectivity index (χ2n) is 4.54. The van der Waals surface area contributed by atoms with Crippen molar-refractivity contribution in [2.75, 3.05) is 7.11 Å². The van der Waals surface area contributed by atoms with Gasteiger partial charge in [-0.1, -0.05) is 18.5 Å². The average Bonchev–Trinajstić information content (AvgIpc) is 2.28. The molecule has 0 aliphatic heterocycles. The van der Waals surface area contributed by atoms with Crippen LogP contribution in [0.5, 0.6) is 5.75 Å². The van der Waals surface area contributed by atoms with E-state index in [0.717, 1.165) is 6.42 Å². The number of hydrogen-bond acceptors (Lipinski definition) is 2. The van der Waals surface area contributed by atoms with Crippen molar-refractivity contribution >= 4 is 17.5 Å². The van der Waals surface area contributed by atoms with Gasteiger partial charge in [0, 0.05) is 11.1 Å². The summed E-state index contributed by atoms with van der Waals surface area (Å²) in [5.41, 5.74) is 0.320. The van der Waals surface area contributed by atoms with Crippen molar-refractivity contribution in [1.29, 1.82) is 0 Å². The molecule has 0 bridgehead atoms. The zero-order valence-electron chi connectivity index (χ0n) is 10.6. The Morgan fingerprint density at radius 3 is 2.59 bits per heavy atom. The highest BCUT2D eigenvalue weighted by Crippen LogP contribution is 2.25. The molecule has 1 aromatic rings. The minimum absolute atomic E-state index is 0.124. The van der Waals surface area contributed by atoms with Crippen molar-refractivity contribution in [3.05, 3.63) is 28.8 Å². The van der Waals surface area contributed by atoms with Gasteiger partial charge in [0.25, 0.3) is 5.91 Å². The summed E-state index contributed by atoms with van der Waals surface area (Å²) >= 11 is 5.97. The Hall–Kier alpha value is -1.22. The number of amides is 1. The molecule has 94 valence electrons. The molecule has 1 rings (SSSR count). The van der Waals surface area contributed by atoms with E-state index in [1.165, 1.54) is 0 Å². The highest BCUT2D eigenvalue weighted by Gasteiger charge is 2.19. The third kappa shape index (κ3) is 3.63. The molecular weight excluding hydrogens is 238 g/mol. The Morgan fingerprint density at radius 2 is 2.12 bits per heavy atom. The maximum Gasteiger partial charge on any atom is 0.251 e. The summed E-state index contributed by atoms with van der Waals surface area (Å²) in [6.45, 7) is 5.99. The van der Waals surface area contributed by atoms with E-state index in [1.807, 2.05) is 20.8 Å². The third-order valence-corrected chi connectivity index (χ3v) is 3.05. The standard InChI is InChI=1S/C13H18ClNO2/c1-5-13(2,3)15-12(16)9-6-7-11(17-4)10(14)8-9/h6-8H,5H2,1-4H3,(H,15,16). The summed E-state index contributed by atoms with van der Waals surface area (Å²) < 4.78 is 5.04. The van der Waals surface area contributed by atoms with Crippen LogP contribution in [-0.2, 0) is 0 Å². The first-order valence-corrected chi connectivity index (χ1v) is 5.93. The molecular formula is C13H18ClNO2. The Labute approximate surface area is 107 Å². The lowest BCUT2D eigenvalue weighted by molar-refractivity contribution is 0.0911. The molecule has 3 nitrogen and oxygen atoms in total. The van der Waals surface area contributed by atoms with Crippen LogP contribution in [0.15, 0.2) is 18.2 Å². The lowest BCUT2D eigenvalue weighted by atomic mass is 10.0. The van der Waals surface area contributed by atoms with Crippen LogP contribution in [0.2, 0.25) is 5.02 Å². The number of ether oxygens (including phenoxy) is 1. The number of benzene rings is 1. The number of carbonyl (C=O) groups is 1. The molecule has 1 aromatic carbocycles. The summed E-state index contributed by atoms with van der Waals surface area (Å²) in [5, 5.41) is 3.39. The van der Waals surface area contributed by atoms with Gasteiger partial charge in [-0.15, -0.1) is 0 Å². The SMILES string of the molecule is CCC(C)(C)NC(=O)c1ccc(OC)c(Cl)c1. The fraction of sp³-hybridized carbons (Fsp3) is 0.462. The van der Waals surface area contributed by atoms with Gasteiger partial charge in [-0.3, -0.25) is 4.79 Å². The second-order valence-corrected chi connectivity index (χ2v) is 4.95. The lowest BCUT2D eigenvalue weighted by Gasteiger charge is -2.24. The summed E-state index contributed by atoms with van der Waals surface area (Å²) in [7, 11) is 1.54. The van der Waals surface area contributed by atoms with Gasteiger partial charge in [0.15, 0.2) is 0 Å². The van der Waals surface area contributed by atoms with E-state index in [2.05, 4.69) is 5.32 Å². The van der Waals surface area contributed by atoms with Crippen molar-refractivity contribution in [3.63, 3.8) is 0 Å². The maximum absolute atomic E-state index is 12.0. The predicted molar refractivity (Wildman–Crippen MR) is 69.8 cm³/mol. The van der Waals surface area contributed by atoms with E-state index in [-0.39, 0.29) is 11.4 Å². The monoisotopic (exact) mass is 255 g/mol. The molecule has 0 unspecified atom stereocenters. The van der Waals surface area contributed by atoms with Crippen LogP contribution in [0.1, 0.15) is 37.6 Å². The van der Waals surface area contributed by atoms with Crippen LogP contribution < -0.4 is 10.1 Å². The molecule has 1 amide bonds. The zero-order chi connectivity index (χ0) is 13.1. The van der Waals surface area contributed by atoms with Crippen molar-refractivity contribution in [3.8, 4) is 5.75 Å². The molecule has 1 N–H and O–H groups in total. The summed E-state index contributed by atoms with van der Waals surface area (Å²) in [4.78, 5) is 12.0. The van der Waals surface area contributed by atoms with E-state index in [4.69, 9.17) is 16.3 Å². The van der Waals surface area contributed by atoms with Crippen molar-refractivity contribution in [2.45, 2.75) is 32.7 Å². The van der Waals surface area contributed by atoms with E-state index in [0.29, 0.717) is 16.3 Å². The van der Waals surface area contributed by atoms with Gasteiger partial charge in [0.1, 0.15) is 5.75 Å². The maximum atomic E-state index is 12.0. The molecule has 0 aliphatic rings. The number of hydrogen-bond donors (Lipinski definition) is 1. The molecule has 0 fully saturated rings. The van der Waals surface area contributed by atoms with Crippen LogP contribution in [0.3, 0.4) is 0 Å². The van der Waals surface area contributed by atoms with E-state index >= 15 is 0 Å². The average molecular weight is 256 g/mol. The Balaban J connectivity index is 2.87. The molecule has 0 radical (unpaired) electrons. The van der Waals surface area contributed by atoms with Crippen molar-refractivity contribution < 1.29 is 9.53 Å². The number of nitrogens with one attached hydrogen (secondary N) is 1. The van der Waals surface area contributed by atoms with Crippen LogP contribution in [0, 0.1) is 0 Å². The summed E-state index contributed by atoms with van der Waals surface area (Å²) in [5.74, 6) is 0.444. The van der Waals surface area contributed by atoms with Crippen molar-refractivity contribution in [1.82, 2.24) is 5.32 Å². The van der Waals surface area contributed by atoms with Crippen LogP contribution >= 0.6 is 11.6 Å². The molecule has 0 aliphatic carbocycles. The first kappa shape index (κ1) is 13.8. The van der Waals surface area contributed by atoms with E-state index < -0.39 is 0 Å². The van der Waals surface area contributed by atoms with Crippen molar-refractivity contribution in [2.24, 2.45) is 0 Å². The highest BCUT2D eigenvalue weighted by molar-refractivity contribution is 6.32. The minimum atomic E-state index is -0.219. The second kappa shape index (κ2) is 5.41. The molecule has 0 saturated carbocycles.